The Bertz CT molecular complexity index is 1370. The molecule has 0 bridgehead atoms. The molecular weight excluding hydrogens is 568 g/mol. The van der Waals surface area contributed by atoms with Crippen molar-refractivity contribution in [2.24, 2.45) is 11.8 Å². The summed E-state index contributed by atoms with van der Waals surface area (Å²) in [5.74, 6) is 0.289. The van der Waals surface area contributed by atoms with Gasteiger partial charge in [-0.2, -0.15) is 0 Å². The fourth-order valence-electron chi connectivity index (χ4n) is 6.92. The topological polar surface area (TPSA) is 150 Å². The molecule has 3 saturated heterocycles. The zero-order chi connectivity index (χ0) is 30.0. The summed E-state index contributed by atoms with van der Waals surface area (Å²) in [6.07, 6.45) is -6.70. The predicted molar refractivity (Wildman–Crippen MR) is 143 cm³/mol. The molecule has 13 heteroatoms. The third-order valence-corrected chi connectivity index (χ3v) is 8.93. The predicted octanol–water partition coefficient (Wildman–Crippen LogP) is 1.64. The molecule has 0 unspecified atom stereocenters. The summed E-state index contributed by atoms with van der Waals surface area (Å²) in [5.41, 5.74) is 2.19. The molecule has 0 saturated carbocycles. The maximum absolute atomic E-state index is 13.5. The van der Waals surface area contributed by atoms with Crippen molar-refractivity contribution >= 4 is 5.97 Å². The largest absolute Gasteiger partial charge is 0.493 e. The maximum Gasteiger partial charge on any atom is 0.310 e. The number of methoxy groups -OCH3 is 3. The van der Waals surface area contributed by atoms with Crippen LogP contribution >= 0.6 is 0 Å². The molecule has 4 heterocycles. The third kappa shape index (κ3) is 4.57. The first kappa shape index (κ1) is 28.4. The van der Waals surface area contributed by atoms with E-state index in [0.717, 1.165) is 11.1 Å². The molecule has 232 valence electrons. The van der Waals surface area contributed by atoms with Crippen molar-refractivity contribution in [1.82, 2.24) is 0 Å². The Labute approximate surface area is 247 Å². The molecule has 4 aliphatic heterocycles. The number of hydrogen-bond acceptors (Lipinski definition) is 13. The SMILES string of the molecule is COc1cc([C@@H]2c3cc4c(cc3[C@@H](O[C@H]3O[C@@H]5CO[C@H](C)O[C@H]5[C@H](O)[C@H]3O)[C@H]3COC(=O)[C@H]23)OCO4)cc(OC)c1OC. The summed E-state index contributed by atoms with van der Waals surface area (Å²) in [6.45, 7) is 1.99. The van der Waals surface area contributed by atoms with Gasteiger partial charge in [0.1, 0.15) is 24.4 Å². The molecule has 13 nitrogen and oxygen atoms in total. The molecule has 0 aromatic heterocycles. The Morgan fingerprint density at radius 2 is 1.53 bits per heavy atom. The van der Waals surface area contributed by atoms with Gasteiger partial charge >= 0.3 is 5.97 Å². The highest BCUT2D eigenvalue weighted by Crippen LogP contribution is 2.57. The quantitative estimate of drug-likeness (QED) is 0.462. The number of aliphatic hydroxyl groups is 2. The Morgan fingerprint density at radius 3 is 2.21 bits per heavy atom. The number of aliphatic hydroxyl groups excluding tert-OH is 2. The van der Waals surface area contributed by atoms with E-state index in [9.17, 15) is 15.0 Å². The zero-order valence-corrected chi connectivity index (χ0v) is 24.1. The fraction of sp³-hybridized carbons (Fsp3) is 0.567. The van der Waals surface area contributed by atoms with Crippen molar-refractivity contribution in [3.63, 3.8) is 0 Å². The van der Waals surface area contributed by atoms with Crippen LogP contribution in [0, 0.1) is 11.8 Å². The normalized spacial score (nSPS) is 35.8. The smallest absolute Gasteiger partial charge is 0.310 e. The van der Waals surface area contributed by atoms with E-state index >= 15 is 0 Å². The van der Waals surface area contributed by atoms with Crippen LogP contribution in [-0.2, 0) is 28.5 Å². The standard InChI is InChI=1S/C30H34O13/c1-12-37-10-21-28(41-12)24(31)25(32)30(42-21)43-26-15-8-18-17(39-11-40-18)7-14(15)22(23-16(26)9-38-29(23)33)13-5-19(34-2)27(36-4)20(6-13)35-3/h5-8,12,16,21-26,28,30-32H,9-11H2,1-4H3/t12-,16-,21+,22+,23-,24+,25+,26+,28+,30+/m0/s1. The van der Waals surface area contributed by atoms with Gasteiger partial charge in [-0.3, -0.25) is 4.79 Å². The Balaban J connectivity index is 1.32. The molecule has 0 radical (unpaired) electrons. The minimum absolute atomic E-state index is 0.0473. The summed E-state index contributed by atoms with van der Waals surface area (Å²) >= 11 is 0. The number of rotatable bonds is 6. The molecule has 43 heavy (non-hydrogen) atoms. The average molecular weight is 603 g/mol. The number of fused-ring (bicyclic) bond motifs is 4. The lowest BCUT2D eigenvalue weighted by Gasteiger charge is -2.47. The van der Waals surface area contributed by atoms with Crippen LogP contribution in [-0.4, -0.2) is 94.5 Å². The van der Waals surface area contributed by atoms with Crippen molar-refractivity contribution in [3.8, 4) is 28.7 Å². The molecular formula is C30H34O13. The first-order valence-corrected chi connectivity index (χ1v) is 14.2. The summed E-state index contributed by atoms with van der Waals surface area (Å²) < 4.78 is 57.7. The van der Waals surface area contributed by atoms with Gasteiger partial charge in [0.25, 0.3) is 0 Å². The van der Waals surface area contributed by atoms with Gasteiger partial charge in [-0.05, 0) is 47.9 Å². The van der Waals surface area contributed by atoms with E-state index in [-0.39, 0.29) is 20.0 Å². The maximum atomic E-state index is 13.5. The summed E-state index contributed by atoms with van der Waals surface area (Å²) in [6, 6.07) is 7.31. The van der Waals surface area contributed by atoms with E-state index in [2.05, 4.69) is 0 Å². The van der Waals surface area contributed by atoms with Crippen molar-refractivity contribution in [3.05, 3.63) is 41.0 Å². The highest BCUT2D eigenvalue weighted by molar-refractivity contribution is 5.79. The number of hydrogen-bond donors (Lipinski definition) is 2. The second-order valence-corrected chi connectivity index (χ2v) is 11.2. The summed E-state index contributed by atoms with van der Waals surface area (Å²) in [5, 5.41) is 22.0. The van der Waals surface area contributed by atoms with Crippen LogP contribution in [0.5, 0.6) is 28.7 Å². The van der Waals surface area contributed by atoms with E-state index in [1.54, 1.807) is 6.92 Å². The second-order valence-electron chi connectivity index (χ2n) is 11.2. The molecule has 7 rings (SSSR count). The Morgan fingerprint density at radius 1 is 0.837 bits per heavy atom. The Kier molecular flexibility index (Phi) is 7.27. The zero-order valence-electron chi connectivity index (χ0n) is 24.1. The molecule has 0 amide bonds. The van der Waals surface area contributed by atoms with Crippen LogP contribution < -0.4 is 23.7 Å². The average Bonchev–Trinajstić information content (AvgIpc) is 3.64. The lowest BCUT2D eigenvalue weighted by Crippen LogP contribution is -2.63. The first-order valence-electron chi connectivity index (χ1n) is 14.2. The van der Waals surface area contributed by atoms with Gasteiger partial charge in [-0.15, -0.1) is 0 Å². The number of benzene rings is 2. The lowest BCUT2D eigenvalue weighted by atomic mass is 9.66. The van der Waals surface area contributed by atoms with Gasteiger partial charge in [0, 0.05) is 11.8 Å². The molecule has 10 atom stereocenters. The van der Waals surface area contributed by atoms with Crippen LogP contribution in [0.2, 0.25) is 0 Å². The van der Waals surface area contributed by atoms with E-state index in [1.807, 2.05) is 24.3 Å². The minimum atomic E-state index is -1.42. The van der Waals surface area contributed by atoms with E-state index in [1.165, 1.54) is 21.3 Å². The molecule has 1 aliphatic carbocycles. The Hall–Kier alpha value is -3.33. The number of esters is 1. The van der Waals surface area contributed by atoms with Crippen LogP contribution in [0.25, 0.3) is 0 Å². The monoisotopic (exact) mass is 602 g/mol. The van der Waals surface area contributed by atoms with Crippen molar-refractivity contribution in [1.29, 1.82) is 0 Å². The highest BCUT2D eigenvalue weighted by atomic mass is 16.8. The van der Waals surface area contributed by atoms with Crippen LogP contribution in [0.3, 0.4) is 0 Å². The summed E-state index contributed by atoms with van der Waals surface area (Å²) in [4.78, 5) is 13.5. The van der Waals surface area contributed by atoms with Gasteiger partial charge in [0.2, 0.25) is 12.5 Å². The second kappa shape index (κ2) is 11.0. The molecule has 0 spiro atoms. The van der Waals surface area contributed by atoms with Crippen LogP contribution in [0.4, 0.5) is 0 Å². The van der Waals surface area contributed by atoms with Crippen molar-refractivity contribution in [2.45, 2.75) is 55.9 Å². The van der Waals surface area contributed by atoms with E-state index in [0.29, 0.717) is 34.3 Å². The minimum Gasteiger partial charge on any atom is -0.493 e. The lowest BCUT2D eigenvalue weighted by molar-refractivity contribution is -0.364. The molecule has 2 N–H and O–H groups in total. The molecule has 2 aromatic rings. The number of ether oxygens (including phenoxy) is 10. The number of carbonyl (C=O) groups excluding carboxylic acids is 1. The van der Waals surface area contributed by atoms with Crippen LogP contribution in [0.15, 0.2) is 24.3 Å². The van der Waals surface area contributed by atoms with Gasteiger partial charge in [-0.1, -0.05) is 0 Å². The van der Waals surface area contributed by atoms with Gasteiger partial charge < -0.3 is 57.6 Å². The van der Waals surface area contributed by atoms with E-state index < -0.39 is 66.8 Å². The summed E-state index contributed by atoms with van der Waals surface area (Å²) in [7, 11) is 4.58. The van der Waals surface area contributed by atoms with Crippen molar-refractivity contribution < 1.29 is 62.4 Å². The molecule has 5 aliphatic rings. The highest BCUT2D eigenvalue weighted by Gasteiger charge is 2.56. The first-order chi connectivity index (χ1) is 20.8. The van der Waals surface area contributed by atoms with Gasteiger partial charge in [0.15, 0.2) is 35.6 Å². The number of carbonyl (C=O) groups is 1. The fourth-order valence-corrected chi connectivity index (χ4v) is 6.92. The van der Waals surface area contributed by atoms with E-state index in [4.69, 9.17) is 47.4 Å². The number of cyclic esters (lactones) is 1. The molecule has 2 aromatic carbocycles. The van der Waals surface area contributed by atoms with Gasteiger partial charge in [-0.25, -0.2) is 0 Å². The molecule has 3 fully saturated rings. The van der Waals surface area contributed by atoms with Crippen molar-refractivity contribution in [2.75, 3.05) is 41.3 Å². The third-order valence-electron chi connectivity index (χ3n) is 8.93. The van der Waals surface area contributed by atoms with Gasteiger partial charge in [0.05, 0.1) is 46.6 Å². The van der Waals surface area contributed by atoms with Crippen LogP contribution in [0.1, 0.15) is 35.6 Å².